The quantitative estimate of drug-likeness (QED) is 0.626. The maximum Gasteiger partial charge on any atom is 0.0793 e. The molecule has 0 aromatic rings. The van der Waals surface area contributed by atoms with E-state index in [0.29, 0.717) is 5.92 Å². The van der Waals surface area contributed by atoms with Crippen molar-refractivity contribution in [2.24, 2.45) is 5.92 Å². The minimum atomic E-state index is 0.263. The molecule has 0 saturated carbocycles. The molecule has 0 bridgehead atoms. The zero-order valence-corrected chi connectivity index (χ0v) is 8.21. The van der Waals surface area contributed by atoms with Crippen molar-refractivity contribution in [3.8, 4) is 0 Å². The first-order valence-corrected chi connectivity index (χ1v) is 4.74. The first kappa shape index (κ1) is 9.53. The third-order valence-corrected chi connectivity index (χ3v) is 2.23. The summed E-state index contributed by atoms with van der Waals surface area (Å²) in [7, 11) is 0. The minimum absolute atomic E-state index is 0.263. The van der Waals surface area contributed by atoms with Gasteiger partial charge in [-0.15, -0.1) is 0 Å². The zero-order valence-electron chi connectivity index (χ0n) is 8.21. The lowest BCUT2D eigenvalue weighted by atomic mass is 9.96. The molecule has 1 nitrogen and oxygen atoms in total. The van der Waals surface area contributed by atoms with E-state index in [0.717, 1.165) is 13.0 Å². The highest BCUT2D eigenvalue weighted by atomic mass is 16.5. The first-order chi connectivity index (χ1) is 5.74. The summed E-state index contributed by atoms with van der Waals surface area (Å²) >= 11 is 0. The second-order valence-electron chi connectivity index (χ2n) is 3.37. The molecule has 0 saturated heterocycles. The van der Waals surface area contributed by atoms with Crippen LogP contribution in [0, 0.1) is 5.92 Å². The summed E-state index contributed by atoms with van der Waals surface area (Å²) in [6.07, 6.45) is 8.15. The van der Waals surface area contributed by atoms with Gasteiger partial charge < -0.3 is 4.74 Å². The van der Waals surface area contributed by atoms with Crippen molar-refractivity contribution >= 4 is 0 Å². The Morgan fingerprint density at radius 1 is 1.67 bits per heavy atom. The van der Waals surface area contributed by atoms with Crippen LogP contribution < -0.4 is 0 Å². The van der Waals surface area contributed by atoms with Gasteiger partial charge in [-0.3, -0.25) is 0 Å². The fourth-order valence-electron chi connectivity index (χ4n) is 1.39. The van der Waals surface area contributed by atoms with Gasteiger partial charge in [0.25, 0.3) is 0 Å². The second-order valence-corrected chi connectivity index (χ2v) is 3.37. The zero-order chi connectivity index (χ0) is 8.97. The Bertz CT molecular complexity index is 191. The molecule has 12 heavy (non-hydrogen) atoms. The van der Waals surface area contributed by atoms with Crippen molar-refractivity contribution in [1.29, 1.82) is 0 Å². The van der Waals surface area contributed by atoms with Gasteiger partial charge in [-0.25, -0.2) is 0 Å². The average molecular weight is 166 g/mol. The summed E-state index contributed by atoms with van der Waals surface area (Å²) in [5, 5.41) is 0. The molecule has 1 aliphatic rings. The molecule has 1 rings (SSSR count). The van der Waals surface area contributed by atoms with Crippen LogP contribution in [0.2, 0.25) is 0 Å². The van der Waals surface area contributed by atoms with E-state index in [1.54, 1.807) is 0 Å². The Balaban J connectivity index is 2.48. The van der Waals surface area contributed by atoms with E-state index in [-0.39, 0.29) is 6.10 Å². The van der Waals surface area contributed by atoms with E-state index < -0.39 is 0 Å². The fourth-order valence-corrected chi connectivity index (χ4v) is 1.39. The maximum absolute atomic E-state index is 5.50. The summed E-state index contributed by atoms with van der Waals surface area (Å²) in [5.41, 5.74) is 1.33. The molecule has 1 heteroatoms. The van der Waals surface area contributed by atoms with Crippen LogP contribution in [0.25, 0.3) is 0 Å². The number of hydrogen-bond acceptors (Lipinski definition) is 1. The molecular weight excluding hydrogens is 148 g/mol. The van der Waals surface area contributed by atoms with Gasteiger partial charge in [0.15, 0.2) is 0 Å². The molecule has 0 N–H and O–H groups in total. The van der Waals surface area contributed by atoms with Crippen molar-refractivity contribution in [2.45, 2.75) is 33.3 Å². The molecule has 0 fully saturated rings. The van der Waals surface area contributed by atoms with Gasteiger partial charge in [0.1, 0.15) is 0 Å². The monoisotopic (exact) mass is 166 g/mol. The van der Waals surface area contributed by atoms with Crippen molar-refractivity contribution in [3.05, 3.63) is 23.8 Å². The first-order valence-electron chi connectivity index (χ1n) is 4.74. The summed E-state index contributed by atoms with van der Waals surface area (Å²) in [6, 6.07) is 0. The lowest BCUT2D eigenvalue weighted by molar-refractivity contribution is 0.103. The molecule has 0 aromatic carbocycles. The summed E-state index contributed by atoms with van der Waals surface area (Å²) in [6.45, 7) is 7.17. The second kappa shape index (κ2) is 4.46. The van der Waals surface area contributed by atoms with Gasteiger partial charge in [-0.1, -0.05) is 25.2 Å². The predicted octanol–water partition coefficient (Wildman–Crippen LogP) is 2.93. The van der Waals surface area contributed by atoms with Crippen LogP contribution in [0.1, 0.15) is 27.2 Å². The van der Waals surface area contributed by atoms with Crippen molar-refractivity contribution in [2.75, 3.05) is 6.61 Å². The average Bonchev–Trinajstić information content (AvgIpc) is 2.06. The lowest BCUT2D eigenvalue weighted by Gasteiger charge is -2.17. The van der Waals surface area contributed by atoms with Crippen LogP contribution in [0.5, 0.6) is 0 Å². The molecule has 0 aromatic heterocycles. The Hall–Kier alpha value is -0.560. The minimum Gasteiger partial charge on any atom is -0.374 e. The normalized spacial score (nSPS) is 25.2. The molecule has 0 heterocycles. The molecule has 0 amide bonds. The SMILES string of the molecule is CCOC(C)C1=CCC(C)C=C1. The summed E-state index contributed by atoms with van der Waals surface area (Å²) < 4.78 is 5.50. The number of hydrogen-bond donors (Lipinski definition) is 0. The highest BCUT2D eigenvalue weighted by Crippen LogP contribution is 2.19. The van der Waals surface area contributed by atoms with E-state index in [4.69, 9.17) is 4.74 Å². The summed E-state index contributed by atoms with van der Waals surface area (Å²) in [4.78, 5) is 0. The molecule has 1 aliphatic carbocycles. The third-order valence-electron chi connectivity index (χ3n) is 2.23. The van der Waals surface area contributed by atoms with Gasteiger partial charge in [0.05, 0.1) is 6.10 Å². The largest absolute Gasteiger partial charge is 0.374 e. The van der Waals surface area contributed by atoms with Gasteiger partial charge in [-0.05, 0) is 31.8 Å². The number of rotatable bonds is 3. The van der Waals surface area contributed by atoms with E-state index in [1.165, 1.54) is 5.57 Å². The van der Waals surface area contributed by atoms with E-state index in [2.05, 4.69) is 32.1 Å². The predicted molar refractivity (Wildman–Crippen MR) is 52.1 cm³/mol. The highest BCUT2D eigenvalue weighted by molar-refractivity contribution is 5.26. The van der Waals surface area contributed by atoms with Crippen molar-refractivity contribution in [1.82, 2.24) is 0 Å². The smallest absolute Gasteiger partial charge is 0.0793 e. The molecule has 2 unspecified atom stereocenters. The van der Waals surface area contributed by atoms with Gasteiger partial charge in [0, 0.05) is 6.61 Å². The molecule has 2 atom stereocenters. The third kappa shape index (κ3) is 2.49. The van der Waals surface area contributed by atoms with Gasteiger partial charge >= 0.3 is 0 Å². The van der Waals surface area contributed by atoms with Crippen LogP contribution in [0.15, 0.2) is 23.8 Å². The number of allylic oxidation sites excluding steroid dienone is 2. The van der Waals surface area contributed by atoms with Crippen LogP contribution in [0.4, 0.5) is 0 Å². The number of ether oxygens (including phenoxy) is 1. The van der Waals surface area contributed by atoms with Crippen LogP contribution in [-0.2, 0) is 4.74 Å². The van der Waals surface area contributed by atoms with E-state index in [9.17, 15) is 0 Å². The van der Waals surface area contributed by atoms with Crippen LogP contribution >= 0.6 is 0 Å². The molecule has 0 spiro atoms. The van der Waals surface area contributed by atoms with Gasteiger partial charge in [-0.2, -0.15) is 0 Å². The topological polar surface area (TPSA) is 9.23 Å². The van der Waals surface area contributed by atoms with E-state index in [1.807, 2.05) is 6.92 Å². The van der Waals surface area contributed by atoms with E-state index >= 15 is 0 Å². The molecule has 0 radical (unpaired) electrons. The Morgan fingerprint density at radius 3 is 2.92 bits per heavy atom. The molecule has 0 aliphatic heterocycles. The van der Waals surface area contributed by atoms with Gasteiger partial charge in [0.2, 0.25) is 0 Å². The molecule has 68 valence electrons. The van der Waals surface area contributed by atoms with Crippen LogP contribution in [0.3, 0.4) is 0 Å². The Kier molecular flexibility index (Phi) is 3.54. The Morgan fingerprint density at radius 2 is 2.42 bits per heavy atom. The fraction of sp³-hybridized carbons (Fsp3) is 0.636. The molecular formula is C11H18O. The summed E-state index contributed by atoms with van der Waals surface area (Å²) in [5.74, 6) is 0.697. The van der Waals surface area contributed by atoms with Crippen LogP contribution in [-0.4, -0.2) is 12.7 Å². The van der Waals surface area contributed by atoms with Crippen molar-refractivity contribution < 1.29 is 4.74 Å². The standard InChI is InChI=1S/C11H18O/c1-4-12-10(3)11-7-5-9(2)6-8-11/h5,7-10H,4,6H2,1-3H3. The lowest BCUT2D eigenvalue weighted by Crippen LogP contribution is -2.12. The maximum atomic E-state index is 5.50. The highest BCUT2D eigenvalue weighted by Gasteiger charge is 2.09. The van der Waals surface area contributed by atoms with Crippen molar-refractivity contribution in [3.63, 3.8) is 0 Å². The Labute approximate surface area is 75.1 Å².